The quantitative estimate of drug-likeness (QED) is 0.809. The van der Waals surface area contributed by atoms with Crippen molar-refractivity contribution in [3.05, 3.63) is 59.4 Å². The van der Waals surface area contributed by atoms with Crippen molar-refractivity contribution in [1.29, 1.82) is 0 Å². The lowest BCUT2D eigenvalue weighted by Gasteiger charge is -2.38. The Labute approximate surface area is 135 Å². The molecule has 0 saturated heterocycles. The summed E-state index contributed by atoms with van der Waals surface area (Å²) in [6.45, 7) is 5.95. The number of carbonyl (C=O) groups is 1. The van der Waals surface area contributed by atoms with E-state index >= 15 is 0 Å². The molecule has 1 aliphatic rings. The molecule has 0 amide bonds. The third kappa shape index (κ3) is 3.05. The van der Waals surface area contributed by atoms with Gasteiger partial charge in [0.05, 0.1) is 17.4 Å². The molecule has 0 aliphatic carbocycles. The third-order valence-electron chi connectivity index (χ3n) is 4.40. The minimum Gasteiger partial charge on any atom is -0.478 e. The van der Waals surface area contributed by atoms with Crippen molar-refractivity contribution >= 4 is 11.7 Å². The van der Waals surface area contributed by atoms with Crippen LogP contribution in [-0.2, 0) is 5.41 Å². The van der Waals surface area contributed by atoms with Crippen molar-refractivity contribution in [3.8, 4) is 0 Å². The first-order chi connectivity index (χ1) is 11.0. The number of nitrogens with zero attached hydrogens (tertiary/aromatic N) is 1. The summed E-state index contributed by atoms with van der Waals surface area (Å²) in [7, 11) is 0. The summed E-state index contributed by atoms with van der Waals surface area (Å²) < 4.78 is 0. The molecule has 1 aromatic carbocycles. The van der Waals surface area contributed by atoms with E-state index in [4.69, 9.17) is 0 Å². The van der Waals surface area contributed by atoms with Gasteiger partial charge in [-0.2, -0.15) is 0 Å². The van der Waals surface area contributed by atoms with Crippen LogP contribution < -0.4 is 10.6 Å². The molecule has 1 atom stereocenters. The van der Waals surface area contributed by atoms with Crippen LogP contribution in [0.1, 0.15) is 41.4 Å². The summed E-state index contributed by atoms with van der Waals surface area (Å²) >= 11 is 0. The SMILES string of the molecule is CC1(C)CNC(CNc2cnccc2C(=O)O)c2ccccc21. The summed E-state index contributed by atoms with van der Waals surface area (Å²) in [6.07, 6.45) is 3.05. The number of fused-ring (bicyclic) bond motifs is 1. The molecule has 0 fully saturated rings. The fraction of sp³-hybridized carbons (Fsp3) is 0.333. The molecular weight excluding hydrogens is 290 g/mol. The maximum absolute atomic E-state index is 11.3. The van der Waals surface area contributed by atoms with Crippen molar-refractivity contribution in [1.82, 2.24) is 10.3 Å². The van der Waals surface area contributed by atoms with Crippen LogP contribution in [0.4, 0.5) is 5.69 Å². The van der Waals surface area contributed by atoms with E-state index in [1.165, 1.54) is 23.4 Å². The highest BCUT2D eigenvalue weighted by Crippen LogP contribution is 2.34. The topological polar surface area (TPSA) is 74.2 Å². The Balaban J connectivity index is 1.81. The Hall–Kier alpha value is -2.40. The minimum absolute atomic E-state index is 0.0909. The van der Waals surface area contributed by atoms with Crippen LogP contribution in [0.3, 0.4) is 0 Å². The number of rotatable bonds is 4. The van der Waals surface area contributed by atoms with Crippen molar-refractivity contribution in [2.75, 3.05) is 18.4 Å². The average Bonchev–Trinajstić information content (AvgIpc) is 2.54. The summed E-state index contributed by atoms with van der Waals surface area (Å²) in [5.41, 5.74) is 3.48. The largest absolute Gasteiger partial charge is 0.478 e. The van der Waals surface area contributed by atoms with Gasteiger partial charge in [0.1, 0.15) is 0 Å². The van der Waals surface area contributed by atoms with Gasteiger partial charge in [-0.05, 0) is 17.2 Å². The monoisotopic (exact) mass is 311 g/mol. The lowest BCUT2D eigenvalue weighted by atomic mass is 9.77. The van der Waals surface area contributed by atoms with Crippen LogP contribution in [-0.4, -0.2) is 29.1 Å². The molecule has 1 aliphatic heterocycles. The zero-order valence-electron chi connectivity index (χ0n) is 13.3. The molecule has 0 spiro atoms. The highest BCUT2D eigenvalue weighted by Gasteiger charge is 2.31. The Morgan fingerprint density at radius 3 is 2.96 bits per heavy atom. The summed E-state index contributed by atoms with van der Waals surface area (Å²) in [5.74, 6) is -0.951. The number of aromatic carboxylic acids is 1. The molecule has 3 rings (SSSR count). The zero-order valence-corrected chi connectivity index (χ0v) is 13.3. The van der Waals surface area contributed by atoms with E-state index in [2.05, 4.69) is 47.7 Å². The molecule has 2 aromatic rings. The van der Waals surface area contributed by atoms with Crippen molar-refractivity contribution in [2.24, 2.45) is 0 Å². The van der Waals surface area contributed by atoms with Gasteiger partial charge in [0.15, 0.2) is 0 Å². The lowest BCUT2D eigenvalue weighted by molar-refractivity contribution is 0.0698. The summed E-state index contributed by atoms with van der Waals surface area (Å²) in [5, 5.41) is 16.0. The molecule has 1 aromatic heterocycles. The van der Waals surface area contributed by atoms with E-state index in [9.17, 15) is 9.90 Å². The van der Waals surface area contributed by atoms with Crippen LogP contribution in [0.5, 0.6) is 0 Å². The smallest absolute Gasteiger partial charge is 0.337 e. The van der Waals surface area contributed by atoms with Gasteiger partial charge in [-0.15, -0.1) is 0 Å². The molecule has 1 unspecified atom stereocenters. The average molecular weight is 311 g/mol. The highest BCUT2D eigenvalue weighted by molar-refractivity contribution is 5.93. The van der Waals surface area contributed by atoms with Crippen LogP contribution in [0.2, 0.25) is 0 Å². The minimum atomic E-state index is -0.951. The molecule has 23 heavy (non-hydrogen) atoms. The van der Waals surface area contributed by atoms with Crippen LogP contribution in [0.25, 0.3) is 0 Å². The first kappa shape index (κ1) is 15.5. The number of benzene rings is 1. The second kappa shape index (κ2) is 6.01. The molecule has 2 heterocycles. The van der Waals surface area contributed by atoms with Gasteiger partial charge in [-0.3, -0.25) is 4.98 Å². The molecule has 0 radical (unpaired) electrons. The van der Waals surface area contributed by atoms with Gasteiger partial charge in [-0.1, -0.05) is 38.1 Å². The number of hydrogen-bond donors (Lipinski definition) is 3. The van der Waals surface area contributed by atoms with Gasteiger partial charge < -0.3 is 15.7 Å². The van der Waals surface area contributed by atoms with Crippen LogP contribution in [0, 0.1) is 0 Å². The number of pyridine rings is 1. The predicted octanol–water partition coefficient (Wildman–Crippen LogP) is 2.81. The van der Waals surface area contributed by atoms with Crippen LogP contribution in [0.15, 0.2) is 42.7 Å². The Morgan fingerprint density at radius 1 is 1.39 bits per heavy atom. The van der Waals surface area contributed by atoms with Gasteiger partial charge in [0.2, 0.25) is 0 Å². The second-order valence-corrected chi connectivity index (χ2v) is 6.51. The van der Waals surface area contributed by atoms with Crippen LogP contribution >= 0.6 is 0 Å². The van der Waals surface area contributed by atoms with E-state index in [0.29, 0.717) is 12.2 Å². The summed E-state index contributed by atoms with van der Waals surface area (Å²) in [4.78, 5) is 15.3. The molecule has 120 valence electrons. The molecule has 3 N–H and O–H groups in total. The van der Waals surface area contributed by atoms with Gasteiger partial charge in [0.25, 0.3) is 0 Å². The highest BCUT2D eigenvalue weighted by atomic mass is 16.4. The number of carboxylic acids is 1. The molecular formula is C18H21N3O2. The number of carboxylic acid groups (broad SMARTS) is 1. The summed E-state index contributed by atoms with van der Waals surface area (Å²) in [6, 6.07) is 10.1. The molecule has 5 heteroatoms. The Bertz CT molecular complexity index is 728. The maximum Gasteiger partial charge on any atom is 0.337 e. The van der Waals surface area contributed by atoms with Gasteiger partial charge in [-0.25, -0.2) is 4.79 Å². The van der Waals surface area contributed by atoms with E-state index in [0.717, 1.165) is 6.54 Å². The Kier molecular flexibility index (Phi) is 4.05. The van der Waals surface area contributed by atoms with Crippen molar-refractivity contribution in [3.63, 3.8) is 0 Å². The standard InChI is InChI=1S/C18H21N3O2/c1-18(2)11-21-16(12-5-3-4-6-14(12)18)10-20-15-9-19-8-7-13(15)17(22)23/h3-9,16,20-21H,10-11H2,1-2H3,(H,22,23). The fourth-order valence-electron chi connectivity index (χ4n) is 3.12. The Morgan fingerprint density at radius 2 is 2.17 bits per heavy atom. The second-order valence-electron chi connectivity index (χ2n) is 6.51. The molecule has 0 saturated carbocycles. The van der Waals surface area contributed by atoms with Crippen molar-refractivity contribution in [2.45, 2.75) is 25.3 Å². The van der Waals surface area contributed by atoms with Gasteiger partial charge in [0, 0.05) is 30.7 Å². The first-order valence-corrected chi connectivity index (χ1v) is 7.73. The fourth-order valence-corrected chi connectivity index (χ4v) is 3.12. The molecule has 0 bridgehead atoms. The normalized spacial score (nSPS) is 19.0. The van der Waals surface area contributed by atoms with E-state index < -0.39 is 5.97 Å². The maximum atomic E-state index is 11.3. The van der Waals surface area contributed by atoms with E-state index in [1.54, 1.807) is 6.20 Å². The zero-order chi connectivity index (χ0) is 16.4. The first-order valence-electron chi connectivity index (χ1n) is 7.73. The number of aromatic nitrogens is 1. The number of nitrogens with one attached hydrogen (secondary N) is 2. The van der Waals surface area contributed by atoms with Crippen molar-refractivity contribution < 1.29 is 9.90 Å². The number of anilines is 1. The third-order valence-corrected chi connectivity index (χ3v) is 4.40. The predicted molar refractivity (Wildman–Crippen MR) is 89.9 cm³/mol. The van der Waals surface area contributed by atoms with Gasteiger partial charge >= 0.3 is 5.97 Å². The lowest BCUT2D eigenvalue weighted by Crippen LogP contribution is -2.44. The van der Waals surface area contributed by atoms with E-state index in [1.807, 2.05) is 6.07 Å². The number of hydrogen-bond acceptors (Lipinski definition) is 4. The van der Waals surface area contributed by atoms with E-state index in [-0.39, 0.29) is 17.0 Å². The molecule has 5 nitrogen and oxygen atoms in total.